The van der Waals surface area contributed by atoms with E-state index in [1.165, 1.54) is 18.2 Å². The van der Waals surface area contributed by atoms with Crippen LogP contribution in [0.1, 0.15) is 26.0 Å². The lowest BCUT2D eigenvalue weighted by molar-refractivity contribution is -0.0885. The molecule has 0 bridgehead atoms. The summed E-state index contributed by atoms with van der Waals surface area (Å²) in [6.45, 7) is 4.24. The average molecular weight is 397 g/mol. The predicted octanol–water partition coefficient (Wildman–Crippen LogP) is 3.85. The van der Waals surface area contributed by atoms with Gasteiger partial charge >= 0.3 is 6.18 Å². The lowest BCUT2D eigenvalue weighted by atomic mass is 9.96. The van der Waals surface area contributed by atoms with Crippen molar-refractivity contribution in [2.45, 2.75) is 39.0 Å². The first-order valence-electron chi connectivity index (χ1n) is 9.14. The summed E-state index contributed by atoms with van der Waals surface area (Å²) in [4.78, 5) is 6.07. The number of halogens is 4. The van der Waals surface area contributed by atoms with Crippen molar-refractivity contribution in [2.75, 3.05) is 18.1 Å². The van der Waals surface area contributed by atoms with Gasteiger partial charge in [0.05, 0.1) is 17.9 Å². The summed E-state index contributed by atoms with van der Waals surface area (Å²) < 4.78 is 52.9. The smallest absolute Gasteiger partial charge is 0.395 e. The molecule has 0 saturated heterocycles. The number of fused-ring (bicyclic) bond motifs is 1. The fourth-order valence-corrected chi connectivity index (χ4v) is 3.23. The molecule has 0 radical (unpaired) electrons. The quantitative estimate of drug-likeness (QED) is 0.716. The number of hydrogen-bond acceptors (Lipinski definition) is 4. The van der Waals surface area contributed by atoms with Crippen molar-refractivity contribution in [3.8, 4) is 0 Å². The van der Waals surface area contributed by atoms with E-state index in [1.807, 2.05) is 13.8 Å². The highest BCUT2D eigenvalue weighted by molar-refractivity contribution is 5.58. The molecule has 0 amide bonds. The molecule has 28 heavy (non-hydrogen) atoms. The normalized spacial score (nSPS) is 18.0. The van der Waals surface area contributed by atoms with Gasteiger partial charge in [0.25, 0.3) is 0 Å². The maximum Gasteiger partial charge on any atom is 0.416 e. The van der Waals surface area contributed by atoms with Gasteiger partial charge in [-0.25, -0.2) is 9.37 Å². The van der Waals surface area contributed by atoms with Crippen LogP contribution in [-0.2, 0) is 6.54 Å². The van der Waals surface area contributed by atoms with Gasteiger partial charge in [-0.1, -0.05) is 19.9 Å². The minimum Gasteiger partial charge on any atom is -0.395 e. The third-order valence-corrected chi connectivity index (χ3v) is 5.00. The predicted molar refractivity (Wildman–Crippen MR) is 99.0 cm³/mol. The van der Waals surface area contributed by atoms with Crippen molar-refractivity contribution in [1.82, 2.24) is 10.3 Å². The average Bonchev–Trinajstić information content (AvgIpc) is 3.05. The van der Waals surface area contributed by atoms with E-state index in [0.29, 0.717) is 11.4 Å². The second-order valence-electron chi connectivity index (χ2n) is 7.33. The van der Waals surface area contributed by atoms with Crippen LogP contribution >= 0.6 is 0 Å². The number of allylic oxidation sites excluding steroid dienone is 3. The molecule has 0 saturated carbocycles. The van der Waals surface area contributed by atoms with E-state index >= 15 is 0 Å². The molecule has 4 nitrogen and oxygen atoms in total. The summed E-state index contributed by atoms with van der Waals surface area (Å²) in [5.41, 5.74) is 0.967. The Bertz CT molecular complexity index is 827. The van der Waals surface area contributed by atoms with Crippen molar-refractivity contribution in [2.24, 2.45) is 5.92 Å². The number of pyridine rings is 1. The van der Waals surface area contributed by atoms with Crippen molar-refractivity contribution in [1.29, 1.82) is 0 Å². The number of hydrogen-bond donors (Lipinski definition) is 2. The van der Waals surface area contributed by atoms with E-state index in [-0.39, 0.29) is 43.8 Å². The van der Waals surface area contributed by atoms with Crippen LogP contribution < -0.4 is 10.2 Å². The number of aromatic nitrogens is 1. The Hall–Kier alpha value is -2.19. The first-order chi connectivity index (χ1) is 13.2. The number of nitrogens with one attached hydrogen (secondary N) is 1. The van der Waals surface area contributed by atoms with Gasteiger partial charge in [0, 0.05) is 25.3 Å². The first kappa shape index (κ1) is 20.5. The fraction of sp³-hybridized carbons (Fsp3) is 0.450. The van der Waals surface area contributed by atoms with Crippen molar-refractivity contribution in [3.63, 3.8) is 0 Å². The standard InChI is InChI=1S/C20H23F4N3O/c1-12(2)18(11-28)25-8-17-16(21)5-6-19(26-17)27-9-13-3-4-15(20(22,23)24)7-14(13)10-27/h4-7,9,12,18,25,28H,3,8,10-11H2,1-2H3/t18-/m0/s1. The van der Waals surface area contributed by atoms with E-state index < -0.39 is 17.6 Å². The highest BCUT2D eigenvalue weighted by Gasteiger charge is 2.35. The minimum absolute atomic E-state index is 0.0696. The second kappa shape index (κ2) is 8.05. The van der Waals surface area contributed by atoms with Gasteiger partial charge in [0.1, 0.15) is 11.6 Å². The van der Waals surface area contributed by atoms with E-state index in [9.17, 15) is 22.7 Å². The monoisotopic (exact) mass is 397 g/mol. The number of rotatable bonds is 6. The van der Waals surface area contributed by atoms with Crippen LogP contribution in [0.25, 0.3) is 0 Å². The molecule has 152 valence electrons. The summed E-state index contributed by atoms with van der Waals surface area (Å²) in [7, 11) is 0. The molecule has 0 fully saturated rings. The second-order valence-corrected chi connectivity index (χ2v) is 7.33. The van der Waals surface area contributed by atoms with E-state index in [0.717, 1.165) is 11.6 Å². The van der Waals surface area contributed by atoms with Crippen molar-refractivity contribution in [3.05, 3.63) is 58.7 Å². The number of nitrogens with zero attached hydrogens (tertiary/aromatic N) is 2. The zero-order valence-corrected chi connectivity index (χ0v) is 15.7. The molecule has 2 aliphatic rings. The molecule has 1 aliphatic carbocycles. The molecule has 1 aliphatic heterocycles. The summed E-state index contributed by atoms with van der Waals surface area (Å²) in [5.74, 6) is 0.172. The van der Waals surface area contributed by atoms with Crippen LogP contribution in [0, 0.1) is 11.7 Å². The molecule has 1 atom stereocenters. The molecule has 1 aromatic rings. The Balaban J connectivity index is 1.75. The zero-order valence-electron chi connectivity index (χ0n) is 15.7. The Kier molecular flexibility index (Phi) is 5.90. The highest BCUT2D eigenvalue weighted by Crippen LogP contribution is 2.37. The van der Waals surface area contributed by atoms with Crippen LogP contribution in [0.4, 0.5) is 23.4 Å². The Morgan fingerprint density at radius 2 is 2.00 bits per heavy atom. The number of aliphatic hydroxyl groups excluding tert-OH is 1. The first-order valence-corrected chi connectivity index (χ1v) is 9.14. The van der Waals surface area contributed by atoms with Crippen LogP contribution in [0.5, 0.6) is 0 Å². The van der Waals surface area contributed by atoms with E-state index in [4.69, 9.17) is 0 Å². The molecule has 8 heteroatoms. The van der Waals surface area contributed by atoms with Gasteiger partial charge in [0.2, 0.25) is 0 Å². The molecule has 1 aromatic heterocycles. The van der Waals surface area contributed by atoms with Crippen molar-refractivity contribution >= 4 is 5.82 Å². The summed E-state index contributed by atoms with van der Waals surface area (Å²) >= 11 is 0. The molecule has 2 N–H and O–H groups in total. The molecule has 3 rings (SSSR count). The van der Waals surface area contributed by atoms with Gasteiger partial charge < -0.3 is 15.3 Å². The topological polar surface area (TPSA) is 48.4 Å². The number of aliphatic hydroxyl groups is 1. The molecule has 2 heterocycles. The lowest BCUT2D eigenvalue weighted by Crippen LogP contribution is -2.37. The van der Waals surface area contributed by atoms with Gasteiger partial charge in [-0.2, -0.15) is 13.2 Å². The maximum absolute atomic E-state index is 14.1. The summed E-state index contributed by atoms with van der Waals surface area (Å²) in [6.07, 6.45) is -0.0570. The van der Waals surface area contributed by atoms with Crippen LogP contribution in [0.2, 0.25) is 0 Å². The highest BCUT2D eigenvalue weighted by atomic mass is 19.4. The largest absolute Gasteiger partial charge is 0.416 e. The summed E-state index contributed by atoms with van der Waals surface area (Å²) in [5, 5.41) is 12.5. The number of alkyl halides is 3. The van der Waals surface area contributed by atoms with Gasteiger partial charge in [0.15, 0.2) is 0 Å². The molecular formula is C20H23F4N3O. The van der Waals surface area contributed by atoms with Gasteiger partial charge in [-0.15, -0.1) is 0 Å². The molecule has 0 aromatic carbocycles. The SMILES string of the molecule is CC(C)[C@H](CO)NCc1nc(N2C=C3CC=C(C(F)(F)F)C=C3C2)ccc1F. The molecular weight excluding hydrogens is 374 g/mol. The van der Waals surface area contributed by atoms with Crippen LogP contribution in [0.15, 0.2) is 47.2 Å². The van der Waals surface area contributed by atoms with Crippen LogP contribution in [-0.4, -0.2) is 35.5 Å². The third kappa shape index (κ3) is 4.44. The Morgan fingerprint density at radius 1 is 1.25 bits per heavy atom. The number of anilines is 1. The van der Waals surface area contributed by atoms with Gasteiger partial charge in [-0.3, -0.25) is 0 Å². The molecule has 0 unspecified atom stereocenters. The lowest BCUT2D eigenvalue weighted by Gasteiger charge is -2.21. The molecule has 0 spiro atoms. The maximum atomic E-state index is 14.1. The Morgan fingerprint density at radius 3 is 2.64 bits per heavy atom. The van der Waals surface area contributed by atoms with E-state index in [2.05, 4.69) is 10.3 Å². The van der Waals surface area contributed by atoms with Crippen LogP contribution in [0.3, 0.4) is 0 Å². The fourth-order valence-electron chi connectivity index (χ4n) is 3.23. The third-order valence-electron chi connectivity index (χ3n) is 5.00. The summed E-state index contributed by atoms with van der Waals surface area (Å²) in [6, 6.07) is 2.63. The van der Waals surface area contributed by atoms with E-state index in [1.54, 1.807) is 11.1 Å². The van der Waals surface area contributed by atoms with Gasteiger partial charge in [-0.05, 0) is 41.7 Å². The zero-order chi connectivity index (χ0) is 20.5. The Labute approximate surface area is 161 Å². The van der Waals surface area contributed by atoms with Crippen molar-refractivity contribution < 1.29 is 22.7 Å². The minimum atomic E-state index is -4.36.